The van der Waals surface area contributed by atoms with Crippen molar-refractivity contribution in [3.05, 3.63) is 33.9 Å². The molecule has 0 saturated carbocycles. The first-order chi connectivity index (χ1) is 10.7. The summed E-state index contributed by atoms with van der Waals surface area (Å²) in [5, 5.41) is 19.1. The van der Waals surface area contributed by atoms with Gasteiger partial charge in [0.05, 0.1) is 18.1 Å². The molecule has 1 aromatic rings. The van der Waals surface area contributed by atoms with Crippen LogP contribution in [0.5, 0.6) is 0 Å². The first kappa shape index (κ1) is 18.6. The second kappa shape index (κ2) is 5.38. The number of hydrogen-bond acceptors (Lipinski definition) is 3. The third-order valence-corrected chi connectivity index (χ3v) is 3.69. The highest BCUT2D eigenvalue weighted by Gasteiger charge is 2.54. The van der Waals surface area contributed by atoms with Gasteiger partial charge in [0, 0.05) is 11.1 Å². The molecule has 3 nitrogen and oxygen atoms in total. The van der Waals surface area contributed by atoms with Crippen molar-refractivity contribution in [2.45, 2.75) is 31.5 Å². The molecule has 3 unspecified atom stereocenters. The lowest BCUT2D eigenvalue weighted by atomic mass is 9.95. The van der Waals surface area contributed by atoms with E-state index in [0.717, 1.165) is 6.92 Å². The Hall–Kier alpha value is -1.75. The summed E-state index contributed by atoms with van der Waals surface area (Å²) < 4.78 is 105. The Morgan fingerprint density at radius 3 is 1.79 bits per heavy atom. The van der Waals surface area contributed by atoms with E-state index in [4.69, 9.17) is 0 Å². The SMILES string of the molecule is CC(O)C1C(=O)c2c(c(F)c(C(F)(F)F)c(F)c2C(F)(F)F)C1O. The number of ketones is 1. The van der Waals surface area contributed by atoms with Crippen molar-refractivity contribution in [2.75, 3.05) is 0 Å². The molecule has 0 aromatic heterocycles. The number of carbonyl (C=O) groups is 1. The number of halogens is 8. The first-order valence-electron chi connectivity index (χ1n) is 6.30. The molecule has 2 rings (SSSR count). The van der Waals surface area contributed by atoms with Crippen LogP contribution in [0, 0.1) is 17.6 Å². The van der Waals surface area contributed by atoms with Gasteiger partial charge in [-0.25, -0.2) is 8.78 Å². The third-order valence-electron chi connectivity index (χ3n) is 3.69. The van der Waals surface area contributed by atoms with Gasteiger partial charge in [-0.3, -0.25) is 4.79 Å². The van der Waals surface area contributed by atoms with Gasteiger partial charge in [-0.2, -0.15) is 26.3 Å². The number of aliphatic hydroxyl groups excluding tert-OH is 2. The van der Waals surface area contributed by atoms with Crippen LogP contribution in [-0.2, 0) is 12.4 Å². The molecule has 11 heteroatoms. The summed E-state index contributed by atoms with van der Waals surface area (Å²) in [5.74, 6) is -9.23. The average Bonchev–Trinajstić information content (AvgIpc) is 2.58. The maximum absolute atomic E-state index is 14.0. The van der Waals surface area contributed by atoms with E-state index in [0.29, 0.717) is 0 Å². The normalized spacial score (nSPS) is 22.7. The summed E-state index contributed by atoms with van der Waals surface area (Å²) in [6.45, 7) is 0.865. The number of alkyl halides is 6. The van der Waals surface area contributed by atoms with Crippen LogP contribution >= 0.6 is 0 Å². The highest BCUT2D eigenvalue weighted by molar-refractivity contribution is 6.05. The van der Waals surface area contributed by atoms with Crippen LogP contribution in [-0.4, -0.2) is 22.1 Å². The summed E-state index contributed by atoms with van der Waals surface area (Å²) in [6, 6.07) is 0. The lowest BCUT2D eigenvalue weighted by Gasteiger charge is -2.19. The van der Waals surface area contributed by atoms with Gasteiger partial charge in [0.25, 0.3) is 0 Å². The molecule has 0 bridgehead atoms. The zero-order valence-electron chi connectivity index (χ0n) is 11.6. The largest absolute Gasteiger partial charge is 0.422 e. The van der Waals surface area contributed by atoms with Crippen molar-refractivity contribution < 1.29 is 50.1 Å². The van der Waals surface area contributed by atoms with Crippen LogP contribution in [0.15, 0.2) is 0 Å². The van der Waals surface area contributed by atoms with Crippen molar-refractivity contribution in [1.82, 2.24) is 0 Å². The minimum absolute atomic E-state index is 0.865. The fourth-order valence-corrected chi connectivity index (χ4v) is 2.73. The lowest BCUT2D eigenvalue weighted by molar-refractivity contribution is -0.149. The molecule has 1 aliphatic carbocycles. The quantitative estimate of drug-likeness (QED) is 0.753. The molecule has 0 amide bonds. The standard InChI is InChI=1S/C13H8F8O3/c1-2(22)3-10(23)4-5(11(3)24)8(14)7(13(19,20)21)9(15)6(4)12(16,17)18/h2-3,11,22,24H,1H3. The van der Waals surface area contributed by atoms with Gasteiger partial charge in [-0.15, -0.1) is 0 Å². The summed E-state index contributed by atoms with van der Waals surface area (Å²) in [7, 11) is 0. The van der Waals surface area contributed by atoms with E-state index in [-0.39, 0.29) is 0 Å². The Kier molecular flexibility index (Phi) is 4.17. The highest BCUT2D eigenvalue weighted by atomic mass is 19.4. The van der Waals surface area contributed by atoms with Gasteiger partial charge in [-0.05, 0) is 6.92 Å². The Morgan fingerprint density at radius 2 is 1.42 bits per heavy atom. The average molecular weight is 364 g/mol. The van der Waals surface area contributed by atoms with E-state index < -0.39 is 70.1 Å². The minimum Gasteiger partial charge on any atom is -0.393 e. The molecule has 0 fully saturated rings. The highest BCUT2D eigenvalue weighted by Crippen LogP contribution is 2.50. The van der Waals surface area contributed by atoms with E-state index in [1.54, 1.807) is 0 Å². The fraction of sp³-hybridized carbons (Fsp3) is 0.462. The summed E-state index contributed by atoms with van der Waals surface area (Å²) in [4.78, 5) is 11.9. The molecular formula is C13H8F8O3. The van der Waals surface area contributed by atoms with Crippen LogP contribution in [0.2, 0.25) is 0 Å². The number of hydrogen-bond donors (Lipinski definition) is 2. The Labute approximate surface area is 128 Å². The van der Waals surface area contributed by atoms with Gasteiger partial charge in [-0.1, -0.05) is 0 Å². The molecular weight excluding hydrogens is 356 g/mol. The fourth-order valence-electron chi connectivity index (χ4n) is 2.73. The van der Waals surface area contributed by atoms with Gasteiger partial charge < -0.3 is 10.2 Å². The van der Waals surface area contributed by atoms with E-state index in [9.17, 15) is 50.1 Å². The molecule has 3 atom stereocenters. The zero-order chi connectivity index (χ0) is 18.8. The van der Waals surface area contributed by atoms with Crippen molar-refractivity contribution in [3.8, 4) is 0 Å². The maximum Gasteiger partial charge on any atom is 0.422 e. The van der Waals surface area contributed by atoms with Crippen molar-refractivity contribution in [2.24, 2.45) is 5.92 Å². The predicted octanol–water partition coefficient (Wildman–Crippen LogP) is 3.23. The van der Waals surface area contributed by atoms with Crippen LogP contribution < -0.4 is 0 Å². The molecule has 134 valence electrons. The lowest BCUT2D eigenvalue weighted by Crippen LogP contribution is -2.26. The Bertz CT molecular complexity index is 705. The maximum atomic E-state index is 14.0. The minimum atomic E-state index is -5.84. The molecule has 0 aliphatic heterocycles. The van der Waals surface area contributed by atoms with E-state index in [1.807, 2.05) is 0 Å². The number of fused-ring (bicyclic) bond motifs is 1. The monoisotopic (exact) mass is 364 g/mol. The number of aliphatic hydroxyl groups is 2. The topological polar surface area (TPSA) is 57.5 Å². The number of carbonyl (C=O) groups excluding carboxylic acids is 1. The summed E-state index contributed by atoms with van der Waals surface area (Å²) >= 11 is 0. The molecule has 0 spiro atoms. The Balaban J connectivity index is 2.99. The van der Waals surface area contributed by atoms with E-state index >= 15 is 0 Å². The Morgan fingerprint density at radius 1 is 0.958 bits per heavy atom. The molecule has 2 N–H and O–H groups in total. The summed E-state index contributed by atoms with van der Waals surface area (Å²) in [5.41, 5.74) is -8.82. The van der Waals surface area contributed by atoms with Crippen molar-refractivity contribution in [3.63, 3.8) is 0 Å². The summed E-state index contributed by atoms with van der Waals surface area (Å²) in [6.07, 6.45) is -15.9. The molecule has 0 heterocycles. The molecule has 24 heavy (non-hydrogen) atoms. The second-order valence-electron chi connectivity index (χ2n) is 5.24. The van der Waals surface area contributed by atoms with Gasteiger partial charge in [0.1, 0.15) is 16.9 Å². The van der Waals surface area contributed by atoms with Gasteiger partial charge in [0.2, 0.25) is 0 Å². The van der Waals surface area contributed by atoms with Gasteiger partial charge in [0.15, 0.2) is 11.6 Å². The van der Waals surface area contributed by atoms with Crippen molar-refractivity contribution >= 4 is 5.78 Å². The number of benzene rings is 1. The number of rotatable bonds is 1. The smallest absolute Gasteiger partial charge is 0.393 e. The van der Waals surface area contributed by atoms with Crippen LogP contribution in [0.25, 0.3) is 0 Å². The second-order valence-corrected chi connectivity index (χ2v) is 5.24. The van der Waals surface area contributed by atoms with E-state index in [1.165, 1.54) is 0 Å². The van der Waals surface area contributed by atoms with Crippen molar-refractivity contribution in [1.29, 1.82) is 0 Å². The molecule has 1 aliphatic rings. The van der Waals surface area contributed by atoms with E-state index in [2.05, 4.69) is 0 Å². The van der Waals surface area contributed by atoms with Crippen LogP contribution in [0.4, 0.5) is 35.1 Å². The van der Waals surface area contributed by atoms with Crippen LogP contribution in [0.3, 0.4) is 0 Å². The predicted molar refractivity (Wildman–Crippen MR) is 60.8 cm³/mol. The zero-order valence-corrected chi connectivity index (χ0v) is 11.6. The first-order valence-corrected chi connectivity index (χ1v) is 6.30. The van der Waals surface area contributed by atoms with Gasteiger partial charge >= 0.3 is 12.4 Å². The molecule has 0 saturated heterocycles. The molecule has 1 aromatic carbocycles. The van der Waals surface area contributed by atoms with Crippen LogP contribution in [0.1, 0.15) is 40.1 Å². The third kappa shape index (κ3) is 2.55. The number of Topliss-reactive ketones (excluding diaryl/α,β-unsaturated/α-hetero) is 1. The molecule has 0 radical (unpaired) electrons.